The quantitative estimate of drug-likeness (QED) is 0.0710. The van der Waals surface area contributed by atoms with Gasteiger partial charge in [-0.1, -0.05) is 89.8 Å². The van der Waals surface area contributed by atoms with Gasteiger partial charge in [-0.2, -0.15) is 0 Å². The number of esters is 1. The predicted octanol–water partition coefficient (Wildman–Crippen LogP) is 7.53. The topological polar surface area (TPSA) is 75.7 Å². The zero-order chi connectivity index (χ0) is 26.7. The second-order valence-electron chi connectivity index (χ2n) is 9.84. The second-order valence-corrected chi connectivity index (χ2v) is 10.9. The summed E-state index contributed by atoms with van der Waals surface area (Å²) in [6.45, 7) is 6.32. The van der Waals surface area contributed by atoms with Crippen LogP contribution in [0.1, 0.15) is 129 Å². The van der Waals surface area contributed by atoms with E-state index in [1.54, 1.807) is 4.90 Å². The molecule has 0 atom stereocenters. The number of hydrogen-bond donors (Lipinski definition) is 1. The highest BCUT2D eigenvalue weighted by atomic mass is 32.2. The van der Waals surface area contributed by atoms with Gasteiger partial charge in [0.1, 0.15) is 12.4 Å². The molecule has 0 spiro atoms. The molecule has 1 N–H and O–H groups in total. The first-order valence-corrected chi connectivity index (χ1v) is 15.8. The Kier molecular flexibility index (Phi) is 26.2. The molecule has 0 aromatic carbocycles. The number of thioether (sulfide) groups is 1. The van der Waals surface area contributed by atoms with Crippen molar-refractivity contribution in [3.05, 3.63) is 0 Å². The van der Waals surface area contributed by atoms with E-state index in [0.717, 1.165) is 38.5 Å². The van der Waals surface area contributed by atoms with Gasteiger partial charge in [0.15, 0.2) is 0 Å². The molecule has 36 heavy (non-hydrogen) atoms. The van der Waals surface area contributed by atoms with E-state index in [2.05, 4.69) is 19.2 Å². The first-order chi connectivity index (χ1) is 17.6. The fraction of sp³-hybridized carbons (Fsp3) is 0.897. The monoisotopic (exact) mass is 528 g/mol. The third-order valence-corrected chi connectivity index (χ3v) is 7.37. The first kappa shape index (κ1) is 34.9. The van der Waals surface area contributed by atoms with Crippen LogP contribution < -0.4 is 5.32 Å². The highest BCUT2D eigenvalue weighted by Crippen LogP contribution is 2.18. The number of aldehydes is 1. The largest absolute Gasteiger partial charge is 0.462 e. The summed E-state index contributed by atoms with van der Waals surface area (Å²) >= 11 is 1.29. The molecule has 0 bridgehead atoms. The predicted molar refractivity (Wildman–Crippen MR) is 154 cm³/mol. The zero-order valence-electron chi connectivity index (χ0n) is 23.7. The second kappa shape index (κ2) is 27.0. The Balaban J connectivity index is 4.53. The number of hydrogen-bond acceptors (Lipinski definition) is 6. The molecule has 0 radical (unpaired) electrons. The van der Waals surface area contributed by atoms with Crippen LogP contribution in [0.3, 0.4) is 0 Å². The molecule has 0 aliphatic carbocycles. The smallest absolute Gasteiger partial charge is 0.306 e. The van der Waals surface area contributed by atoms with Crippen LogP contribution in [0.2, 0.25) is 0 Å². The Morgan fingerprint density at radius 3 is 1.94 bits per heavy atom. The summed E-state index contributed by atoms with van der Waals surface area (Å²) in [5.41, 5.74) is 0. The van der Waals surface area contributed by atoms with Crippen LogP contribution in [0, 0.1) is 0 Å². The molecule has 0 rings (SSSR count). The van der Waals surface area contributed by atoms with Crippen LogP contribution in [-0.2, 0) is 14.3 Å². The Morgan fingerprint density at radius 1 is 0.833 bits per heavy atom. The van der Waals surface area contributed by atoms with Crippen molar-refractivity contribution in [3.63, 3.8) is 0 Å². The van der Waals surface area contributed by atoms with Gasteiger partial charge in [0.2, 0.25) is 0 Å². The van der Waals surface area contributed by atoms with Gasteiger partial charge in [0, 0.05) is 38.2 Å². The van der Waals surface area contributed by atoms with Crippen LogP contribution in [-0.4, -0.2) is 60.9 Å². The molecule has 0 saturated heterocycles. The van der Waals surface area contributed by atoms with E-state index in [4.69, 9.17) is 4.74 Å². The third kappa shape index (κ3) is 22.1. The van der Waals surface area contributed by atoms with Crippen molar-refractivity contribution in [2.75, 3.05) is 32.4 Å². The molecule has 0 aromatic rings. The van der Waals surface area contributed by atoms with E-state index in [9.17, 15) is 14.4 Å². The maximum atomic E-state index is 12.6. The Labute approximate surface area is 226 Å². The maximum absolute atomic E-state index is 12.6. The first-order valence-electron chi connectivity index (χ1n) is 14.8. The number of amides is 1. The van der Waals surface area contributed by atoms with Crippen molar-refractivity contribution in [3.8, 4) is 0 Å². The molecule has 0 aliphatic heterocycles. The Hall–Kier alpha value is -1.08. The number of carbonyl (C=O) groups is 3. The van der Waals surface area contributed by atoms with E-state index in [-0.39, 0.29) is 17.3 Å². The summed E-state index contributed by atoms with van der Waals surface area (Å²) in [6.07, 6.45) is 19.8. The van der Waals surface area contributed by atoms with Crippen molar-refractivity contribution in [2.24, 2.45) is 0 Å². The van der Waals surface area contributed by atoms with E-state index >= 15 is 0 Å². The highest BCUT2D eigenvalue weighted by molar-refractivity contribution is 8.13. The van der Waals surface area contributed by atoms with E-state index in [1.807, 2.05) is 7.05 Å². The average Bonchev–Trinajstić information content (AvgIpc) is 2.87. The van der Waals surface area contributed by atoms with Crippen LogP contribution in [0.4, 0.5) is 4.79 Å². The molecule has 7 heteroatoms. The summed E-state index contributed by atoms with van der Waals surface area (Å²) in [5.74, 6) is 0.570. The van der Waals surface area contributed by atoms with Crippen LogP contribution >= 0.6 is 11.8 Å². The van der Waals surface area contributed by atoms with Gasteiger partial charge in [-0.15, -0.1) is 0 Å². The lowest BCUT2D eigenvalue weighted by Crippen LogP contribution is -2.31. The summed E-state index contributed by atoms with van der Waals surface area (Å²) < 4.78 is 5.92. The Bertz CT molecular complexity index is 517. The molecule has 0 unspecified atom stereocenters. The minimum Gasteiger partial charge on any atom is -0.462 e. The number of ether oxygens (including phenoxy) is 1. The van der Waals surface area contributed by atoms with Gasteiger partial charge in [0.25, 0.3) is 5.24 Å². The maximum Gasteiger partial charge on any atom is 0.306 e. The SMILES string of the molecule is CCCCCCCCC(CCCCCCCC)OC(=O)CCCN(CCCC=O)C(=O)SCCNC. The molecule has 212 valence electrons. The zero-order valence-corrected chi connectivity index (χ0v) is 24.5. The molecule has 0 heterocycles. The minimum absolute atomic E-state index is 0.0218. The fourth-order valence-corrected chi connectivity index (χ4v) is 5.06. The van der Waals surface area contributed by atoms with Gasteiger partial charge >= 0.3 is 5.97 Å². The number of nitrogens with one attached hydrogen (secondary N) is 1. The van der Waals surface area contributed by atoms with Crippen LogP contribution in [0.15, 0.2) is 0 Å². The van der Waals surface area contributed by atoms with Crippen molar-refractivity contribution in [1.82, 2.24) is 10.2 Å². The molecule has 0 aliphatic rings. The highest BCUT2D eigenvalue weighted by Gasteiger charge is 2.17. The van der Waals surface area contributed by atoms with Gasteiger partial charge < -0.3 is 19.7 Å². The van der Waals surface area contributed by atoms with E-state index in [1.165, 1.54) is 76.0 Å². The third-order valence-electron chi connectivity index (χ3n) is 6.45. The molecule has 0 saturated carbocycles. The van der Waals surface area contributed by atoms with E-state index < -0.39 is 0 Å². The lowest BCUT2D eigenvalue weighted by Gasteiger charge is -2.22. The fourth-order valence-electron chi connectivity index (χ4n) is 4.22. The number of rotatable bonds is 26. The molecular formula is C29H56N2O4S. The molecule has 1 amide bonds. The number of carbonyl (C=O) groups excluding carboxylic acids is 3. The van der Waals surface area contributed by atoms with Gasteiger partial charge in [-0.25, -0.2) is 0 Å². The van der Waals surface area contributed by atoms with Gasteiger partial charge in [-0.3, -0.25) is 9.59 Å². The van der Waals surface area contributed by atoms with Crippen molar-refractivity contribution >= 4 is 29.3 Å². The van der Waals surface area contributed by atoms with E-state index in [0.29, 0.717) is 44.5 Å². The molecule has 0 fully saturated rings. The van der Waals surface area contributed by atoms with Gasteiger partial charge in [-0.05, 0) is 45.6 Å². The summed E-state index contributed by atoms with van der Waals surface area (Å²) in [6, 6.07) is 0. The minimum atomic E-state index is -0.139. The molecule has 6 nitrogen and oxygen atoms in total. The van der Waals surface area contributed by atoms with Crippen molar-refractivity contribution in [1.29, 1.82) is 0 Å². The normalized spacial score (nSPS) is 11.1. The summed E-state index contributed by atoms with van der Waals surface area (Å²) in [4.78, 5) is 37.6. The number of nitrogens with zero attached hydrogens (tertiary/aromatic N) is 1. The summed E-state index contributed by atoms with van der Waals surface area (Å²) in [5, 5.41) is 3.07. The van der Waals surface area contributed by atoms with Crippen molar-refractivity contribution < 1.29 is 19.1 Å². The van der Waals surface area contributed by atoms with Crippen LogP contribution in [0.5, 0.6) is 0 Å². The standard InChI is InChI=1S/C29H56N2O4S/c1-4-6-8-10-12-14-19-27(20-15-13-11-9-7-5-2)35-28(33)21-18-24-31(23-16-17-25-32)29(34)36-26-22-30-3/h25,27,30H,4-24,26H2,1-3H3. The lowest BCUT2D eigenvalue weighted by atomic mass is 10.0. The van der Waals surface area contributed by atoms with Gasteiger partial charge in [0.05, 0.1) is 0 Å². The molecular weight excluding hydrogens is 472 g/mol. The van der Waals surface area contributed by atoms with Crippen molar-refractivity contribution in [2.45, 2.75) is 136 Å². The summed E-state index contributed by atoms with van der Waals surface area (Å²) in [7, 11) is 1.87. The molecule has 0 aromatic heterocycles. The number of unbranched alkanes of at least 4 members (excludes halogenated alkanes) is 11. The van der Waals surface area contributed by atoms with Crippen LogP contribution in [0.25, 0.3) is 0 Å². The lowest BCUT2D eigenvalue weighted by molar-refractivity contribution is -0.150. The average molecular weight is 529 g/mol. The Morgan fingerprint density at radius 2 is 1.39 bits per heavy atom.